The molecule has 25 heavy (non-hydrogen) atoms. The van der Waals surface area contributed by atoms with Crippen LogP contribution in [-0.4, -0.2) is 23.9 Å². The molecule has 0 radical (unpaired) electrons. The van der Waals surface area contributed by atoms with Gasteiger partial charge in [-0.25, -0.2) is 4.79 Å². The van der Waals surface area contributed by atoms with Crippen molar-refractivity contribution in [2.75, 3.05) is 0 Å². The largest absolute Gasteiger partial charge is 0.449 e. The summed E-state index contributed by atoms with van der Waals surface area (Å²) < 4.78 is 5.13. The first kappa shape index (κ1) is 20.6. The second-order valence-corrected chi connectivity index (χ2v) is 7.50. The zero-order valence-corrected chi connectivity index (χ0v) is 15.8. The molecule has 5 heteroatoms. The summed E-state index contributed by atoms with van der Waals surface area (Å²) in [6.45, 7) is 14.7. The fourth-order valence-electron chi connectivity index (χ4n) is 2.09. The van der Waals surface area contributed by atoms with Gasteiger partial charge in [0, 0.05) is 11.1 Å². The van der Waals surface area contributed by atoms with Gasteiger partial charge in [-0.05, 0) is 36.0 Å². The number of hydrogen-bond donors (Lipinski definition) is 1. The minimum Gasteiger partial charge on any atom is -0.449 e. The van der Waals surface area contributed by atoms with Crippen LogP contribution in [0.5, 0.6) is 0 Å². The molecule has 5 nitrogen and oxygen atoms in total. The van der Waals surface area contributed by atoms with Crippen LogP contribution < -0.4 is 5.32 Å². The summed E-state index contributed by atoms with van der Waals surface area (Å²) in [5.74, 6) is -2.10. The van der Waals surface area contributed by atoms with Gasteiger partial charge in [-0.15, -0.1) is 0 Å². The monoisotopic (exact) mass is 345 g/mol. The van der Waals surface area contributed by atoms with Crippen LogP contribution >= 0.6 is 0 Å². The maximum Gasteiger partial charge on any atom is 0.333 e. The van der Waals surface area contributed by atoms with Crippen molar-refractivity contribution in [1.29, 1.82) is 0 Å². The van der Waals surface area contributed by atoms with Crippen molar-refractivity contribution in [3.05, 3.63) is 47.5 Å². The highest BCUT2D eigenvalue weighted by Gasteiger charge is 2.28. The molecule has 0 saturated carbocycles. The third-order valence-electron chi connectivity index (χ3n) is 3.70. The molecular formula is C20H27NO4. The molecule has 0 aliphatic carbocycles. The third kappa shape index (κ3) is 5.85. The summed E-state index contributed by atoms with van der Waals surface area (Å²) in [7, 11) is 0. The van der Waals surface area contributed by atoms with Crippen LogP contribution in [0.4, 0.5) is 0 Å². The lowest BCUT2D eigenvalue weighted by molar-refractivity contribution is -0.154. The zero-order chi connectivity index (χ0) is 19.4. The number of imide groups is 1. The van der Waals surface area contributed by atoms with Crippen molar-refractivity contribution in [3.63, 3.8) is 0 Å². The van der Waals surface area contributed by atoms with Crippen LogP contribution in [0.25, 0.3) is 0 Å². The normalized spacial score (nSPS) is 12.4. The van der Waals surface area contributed by atoms with Gasteiger partial charge in [0.05, 0.1) is 0 Å². The average molecular weight is 345 g/mol. The molecule has 1 aromatic carbocycles. The molecule has 1 aromatic rings. The quantitative estimate of drug-likeness (QED) is 0.656. The molecule has 1 rings (SSSR count). The SMILES string of the molecule is C=C(C)C(=O)OC(C(=O)NC(=O)c1ccc(C(C)(C)C)cc1)C(C)C. The number of benzene rings is 1. The van der Waals surface area contributed by atoms with Crippen LogP contribution in [0.1, 0.15) is 57.5 Å². The highest BCUT2D eigenvalue weighted by atomic mass is 16.5. The Morgan fingerprint density at radius 3 is 2.00 bits per heavy atom. The van der Waals surface area contributed by atoms with E-state index in [1.807, 2.05) is 12.1 Å². The molecule has 1 unspecified atom stereocenters. The van der Waals surface area contributed by atoms with Gasteiger partial charge in [-0.2, -0.15) is 0 Å². The van der Waals surface area contributed by atoms with Crippen molar-refractivity contribution in [2.45, 2.75) is 53.1 Å². The van der Waals surface area contributed by atoms with Crippen molar-refractivity contribution in [1.82, 2.24) is 5.32 Å². The number of hydrogen-bond acceptors (Lipinski definition) is 4. The first-order valence-electron chi connectivity index (χ1n) is 8.25. The first-order valence-corrected chi connectivity index (χ1v) is 8.25. The standard InChI is InChI=1S/C20H27NO4/c1-12(2)16(25-19(24)13(3)4)18(23)21-17(22)14-8-10-15(11-9-14)20(5,6)7/h8-12,16H,3H2,1-2,4-7H3,(H,21,22,23). The maximum atomic E-state index is 12.3. The molecule has 0 fully saturated rings. The lowest BCUT2D eigenvalue weighted by atomic mass is 9.86. The molecular weight excluding hydrogens is 318 g/mol. The van der Waals surface area contributed by atoms with Gasteiger partial charge < -0.3 is 4.74 Å². The van der Waals surface area contributed by atoms with Crippen molar-refractivity contribution < 1.29 is 19.1 Å². The van der Waals surface area contributed by atoms with E-state index in [0.29, 0.717) is 5.56 Å². The predicted molar refractivity (Wildman–Crippen MR) is 97.1 cm³/mol. The number of nitrogens with one attached hydrogen (secondary N) is 1. The summed E-state index contributed by atoms with van der Waals surface area (Å²) in [6, 6.07) is 7.07. The van der Waals surface area contributed by atoms with Gasteiger partial charge in [0.1, 0.15) is 0 Å². The summed E-state index contributed by atoms with van der Waals surface area (Å²) in [6.07, 6.45) is -1.05. The predicted octanol–water partition coefficient (Wildman–Crippen LogP) is 3.38. The lowest BCUT2D eigenvalue weighted by Gasteiger charge is -2.21. The molecule has 2 amide bonds. The van der Waals surface area contributed by atoms with E-state index in [1.165, 1.54) is 6.92 Å². The number of carbonyl (C=O) groups excluding carboxylic acids is 3. The molecule has 0 spiro atoms. The van der Waals surface area contributed by atoms with Crippen LogP contribution in [0, 0.1) is 5.92 Å². The summed E-state index contributed by atoms with van der Waals surface area (Å²) >= 11 is 0. The van der Waals surface area contributed by atoms with Crippen LogP contribution in [-0.2, 0) is 19.7 Å². The molecule has 0 aromatic heterocycles. The Kier molecular flexibility index (Phi) is 6.68. The molecule has 0 aliphatic heterocycles. The summed E-state index contributed by atoms with van der Waals surface area (Å²) in [4.78, 5) is 36.2. The first-order chi connectivity index (χ1) is 11.4. The van der Waals surface area contributed by atoms with Crippen LogP contribution in [0.3, 0.4) is 0 Å². The van der Waals surface area contributed by atoms with Crippen molar-refractivity contribution >= 4 is 17.8 Å². The van der Waals surface area contributed by atoms with E-state index in [9.17, 15) is 14.4 Å². The van der Waals surface area contributed by atoms with E-state index >= 15 is 0 Å². The number of ether oxygens (including phenoxy) is 1. The Morgan fingerprint density at radius 2 is 1.60 bits per heavy atom. The molecule has 0 saturated heterocycles. The van der Waals surface area contributed by atoms with Crippen molar-refractivity contribution in [3.8, 4) is 0 Å². The van der Waals surface area contributed by atoms with Gasteiger partial charge in [0.2, 0.25) is 0 Å². The van der Waals surface area contributed by atoms with Crippen LogP contribution in [0.15, 0.2) is 36.4 Å². The average Bonchev–Trinajstić information content (AvgIpc) is 2.50. The number of carbonyl (C=O) groups is 3. The minimum atomic E-state index is -1.05. The Morgan fingerprint density at radius 1 is 1.08 bits per heavy atom. The molecule has 1 atom stereocenters. The van der Waals surface area contributed by atoms with E-state index in [2.05, 4.69) is 32.7 Å². The number of esters is 1. The number of rotatable bonds is 5. The van der Waals surface area contributed by atoms with Gasteiger partial charge in [-0.1, -0.05) is 53.3 Å². The lowest BCUT2D eigenvalue weighted by Crippen LogP contribution is -2.43. The fraction of sp³-hybridized carbons (Fsp3) is 0.450. The maximum absolute atomic E-state index is 12.3. The van der Waals surface area contributed by atoms with Crippen molar-refractivity contribution in [2.24, 2.45) is 5.92 Å². The van der Waals surface area contributed by atoms with Crippen LogP contribution in [0.2, 0.25) is 0 Å². The van der Waals surface area contributed by atoms with E-state index in [-0.39, 0.29) is 16.9 Å². The second-order valence-electron chi connectivity index (χ2n) is 7.50. The molecule has 0 heterocycles. The molecule has 136 valence electrons. The minimum absolute atomic E-state index is 0.0235. The molecule has 0 aliphatic rings. The zero-order valence-electron chi connectivity index (χ0n) is 15.8. The number of amides is 2. The Bertz CT molecular complexity index is 666. The topological polar surface area (TPSA) is 72.5 Å². The highest BCUT2D eigenvalue weighted by Crippen LogP contribution is 2.22. The van der Waals surface area contributed by atoms with Gasteiger partial charge in [0.25, 0.3) is 11.8 Å². The summed E-state index contributed by atoms with van der Waals surface area (Å²) in [5.41, 5.74) is 1.63. The second kappa shape index (κ2) is 8.10. The van der Waals surface area contributed by atoms with E-state index in [0.717, 1.165) is 5.56 Å². The van der Waals surface area contributed by atoms with Gasteiger partial charge >= 0.3 is 5.97 Å². The third-order valence-corrected chi connectivity index (χ3v) is 3.70. The Labute approximate surface area is 149 Å². The summed E-state index contributed by atoms with van der Waals surface area (Å²) in [5, 5.41) is 2.30. The van der Waals surface area contributed by atoms with E-state index < -0.39 is 23.9 Å². The van der Waals surface area contributed by atoms with E-state index in [4.69, 9.17) is 4.74 Å². The molecule has 0 bridgehead atoms. The molecule has 1 N–H and O–H groups in total. The van der Waals surface area contributed by atoms with Gasteiger partial charge in [0.15, 0.2) is 6.10 Å². The fourth-order valence-corrected chi connectivity index (χ4v) is 2.09. The Balaban J connectivity index is 2.84. The highest BCUT2D eigenvalue weighted by molar-refractivity contribution is 6.06. The van der Waals surface area contributed by atoms with Gasteiger partial charge in [-0.3, -0.25) is 14.9 Å². The van der Waals surface area contributed by atoms with E-state index in [1.54, 1.807) is 26.0 Å². The smallest absolute Gasteiger partial charge is 0.333 e. The Hall–Kier alpha value is -2.43.